The van der Waals surface area contributed by atoms with Crippen molar-refractivity contribution in [1.29, 1.82) is 0 Å². The van der Waals surface area contributed by atoms with Crippen molar-refractivity contribution in [3.05, 3.63) is 0 Å². The van der Waals surface area contributed by atoms with E-state index >= 15 is 0 Å². The van der Waals surface area contributed by atoms with E-state index in [0.717, 1.165) is 12.1 Å². The van der Waals surface area contributed by atoms with E-state index < -0.39 is 0 Å². The van der Waals surface area contributed by atoms with Crippen LogP contribution in [0, 0.1) is 0 Å². The van der Waals surface area contributed by atoms with Crippen molar-refractivity contribution < 1.29 is 0 Å². The third-order valence-corrected chi connectivity index (χ3v) is 4.41. The maximum Gasteiger partial charge on any atom is 0.0348 e. The van der Waals surface area contributed by atoms with E-state index in [0.29, 0.717) is 6.04 Å². The highest BCUT2D eigenvalue weighted by molar-refractivity contribution is 4.89. The molecule has 1 atom stereocenters. The van der Waals surface area contributed by atoms with Gasteiger partial charge in [0, 0.05) is 44.3 Å². The smallest absolute Gasteiger partial charge is 0.0348 e. The van der Waals surface area contributed by atoms with Crippen LogP contribution in [0.1, 0.15) is 34.1 Å². The normalized spacial score (nSPS) is 20.3. The van der Waals surface area contributed by atoms with Gasteiger partial charge in [0.05, 0.1) is 0 Å². The van der Waals surface area contributed by atoms with Gasteiger partial charge in [-0.05, 0) is 41.3 Å². The second-order valence-electron chi connectivity index (χ2n) is 5.92. The summed E-state index contributed by atoms with van der Waals surface area (Å²) in [5.74, 6) is 0. The van der Waals surface area contributed by atoms with Gasteiger partial charge in [-0.25, -0.2) is 0 Å². The molecule has 0 N–H and O–H groups in total. The monoisotopic (exact) mass is 241 g/mol. The van der Waals surface area contributed by atoms with Crippen LogP contribution >= 0.6 is 0 Å². The van der Waals surface area contributed by atoms with Crippen LogP contribution in [0.5, 0.6) is 0 Å². The first-order chi connectivity index (χ1) is 7.95. The minimum Gasteiger partial charge on any atom is -0.303 e. The lowest BCUT2D eigenvalue weighted by molar-refractivity contribution is 0.0169. The molecule has 1 aliphatic heterocycles. The molecule has 1 heterocycles. The molecule has 3 nitrogen and oxygen atoms in total. The van der Waals surface area contributed by atoms with Crippen LogP contribution in [0.3, 0.4) is 0 Å². The van der Waals surface area contributed by atoms with Gasteiger partial charge in [-0.15, -0.1) is 0 Å². The van der Waals surface area contributed by atoms with Gasteiger partial charge in [0.1, 0.15) is 0 Å². The molecule has 1 rings (SSSR count). The zero-order valence-electron chi connectivity index (χ0n) is 12.6. The zero-order valence-corrected chi connectivity index (χ0v) is 12.6. The Hall–Kier alpha value is -0.120. The van der Waals surface area contributed by atoms with Crippen LogP contribution < -0.4 is 0 Å². The molecule has 1 aliphatic rings. The average molecular weight is 241 g/mol. The summed E-state index contributed by atoms with van der Waals surface area (Å²) < 4.78 is 0. The minimum absolute atomic E-state index is 0.654. The van der Waals surface area contributed by atoms with Crippen LogP contribution in [0.4, 0.5) is 0 Å². The van der Waals surface area contributed by atoms with Crippen molar-refractivity contribution in [2.24, 2.45) is 0 Å². The van der Waals surface area contributed by atoms with Crippen molar-refractivity contribution in [2.45, 2.75) is 52.2 Å². The molecule has 17 heavy (non-hydrogen) atoms. The molecule has 0 saturated carbocycles. The van der Waals surface area contributed by atoms with Crippen molar-refractivity contribution >= 4 is 0 Å². The highest BCUT2D eigenvalue weighted by Gasteiger charge is 2.31. The molecule has 0 spiro atoms. The van der Waals surface area contributed by atoms with Crippen LogP contribution in [0.2, 0.25) is 0 Å². The maximum atomic E-state index is 2.59. The van der Waals surface area contributed by atoms with E-state index in [2.05, 4.69) is 56.5 Å². The molecule has 102 valence electrons. The van der Waals surface area contributed by atoms with Crippen LogP contribution in [0.25, 0.3) is 0 Å². The van der Waals surface area contributed by atoms with E-state index in [4.69, 9.17) is 0 Å². The summed E-state index contributed by atoms with van der Waals surface area (Å²) in [7, 11) is 4.48. The van der Waals surface area contributed by atoms with Crippen LogP contribution in [-0.4, -0.2) is 73.1 Å². The Kier molecular flexibility index (Phi) is 5.90. The number of nitrogens with zero attached hydrogens (tertiary/aromatic N) is 3. The molecule has 1 saturated heterocycles. The first kappa shape index (κ1) is 14.9. The highest BCUT2D eigenvalue weighted by atomic mass is 15.3. The van der Waals surface area contributed by atoms with E-state index in [1.54, 1.807) is 0 Å². The summed E-state index contributed by atoms with van der Waals surface area (Å²) in [5, 5.41) is 0. The number of likely N-dealkylation sites (N-methyl/N-ethyl adjacent to an activating group) is 2. The molecule has 0 radical (unpaired) electrons. The van der Waals surface area contributed by atoms with Crippen molar-refractivity contribution in [3.8, 4) is 0 Å². The van der Waals surface area contributed by atoms with Gasteiger partial charge in [0.2, 0.25) is 0 Å². The number of rotatable bonds is 7. The highest BCUT2D eigenvalue weighted by Crippen LogP contribution is 2.18. The SMILES string of the molecule is CCC(C)N1CC(N(C)CCN(C)C(C)C)C1. The number of likely N-dealkylation sites (tertiary alicyclic amines) is 1. The molecule has 0 amide bonds. The van der Waals surface area contributed by atoms with E-state index in [1.165, 1.54) is 32.6 Å². The van der Waals surface area contributed by atoms with E-state index in [1.807, 2.05) is 0 Å². The summed E-state index contributed by atoms with van der Waals surface area (Å²) in [6, 6.07) is 2.20. The Morgan fingerprint density at radius 1 is 1.12 bits per heavy atom. The maximum absolute atomic E-state index is 2.59. The Balaban J connectivity index is 2.17. The van der Waals surface area contributed by atoms with Crippen LogP contribution in [0.15, 0.2) is 0 Å². The molecule has 0 bridgehead atoms. The predicted octanol–water partition coefficient (Wildman–Crippen LogP) is 1.74. The molecule has 0 aromatic heterocycles. The van der Waals surface area contributed by atoms with Gasteiger partial charge in [-0.3, -0.25) is 9.80 Å². The molecule has 0 aliphatic carbocycles. The summed E-state index contributed by atoms with van der Waals surface area (Å²) in [4.78, 5) is 7.53. The molecule has 3 heteroatoms. The largest absolute Gasteiger partial charge is 0.303 e. The Bertz CT molecular complexity index is 212. The van der Waals surface area contributed by atoms with Gasteiger partial charge >= 0.3 is 0 Å². The van der Waals surface area contributed by atoms with E-state index in [9.17, 15) is 0 Å². The summed E-state index contributed by atoms with van der Waals surface area (Å²) in [6.45, 7) is 14.0. The lowest BCUT2D eigenvalue weighted by Crippen LogP contribution is -2.61. The van der Waals surface area contributed by atoms with Gasteiger partial charge < -0.3 is 4.90 Å². The Morgan fingerprint density at radius 2 is 1.71 bits per heavy atom. The average Bonchev–Trinajstić information content (AvgIpc) is 2.23. The first-order valence-electron chi connectivity index (χ1n) is 7.10. The van der Waals surface area contributed by atoms with Gasteiger partial charge in [0.25, 0.3) is 0 Å². The topological polar surface area (TPSA) is 9.72 Å². The van der Waals surface area contributed by atoms with Crippen molar-refractivity contribution in [1.82, 2.24) is 14.7 Å². The first-order valence-corrected chi connectivity index (χ1v) is 7.10. The number of hydrogen-bond donors (Lipinski definition) is 0. The van der Waals surface area contributed by atoms with Gasteiger partial charge in [-0.1, -0.05) is 6.92 Å². The second-order valence-corrected chi connectivity index (χ2v) is 5.92. The fourth-order valence-electron chi connectivity index (χ4n) is 2.14. The van der Waals surface area contributed by atoms with Crippen LogP contribution in [-0.2, 0) is 0 Å². The standard InChI is InChI=1S/C14H31N3/c1-7-13(4)17-10-14(11-17)16(6)9-8-15(5)12(2)3/h12-14H,7-11H2,1-6H3. The fraction of sp³-hybridized carbons (Fsp3) is 1.00. The lowest BCUT2D eigenvalue weighted by atomic mass is 10.0. The summed E-state index contributed by atoms with van der Waals surface area (Å²) >= 11 is 0. The molecular formula is C14H31N3. The van der Waals surface area contributed by atoms with E-state index in [-0.39, 0.29) is 0 Å². The minimum atomic E-state index is 0.654. The molecular weight excluding hydrogens is 210 g/mol. The Labute approximate surface area is 108 Å². The van der Waals surface area contributed by atoms with Gasteiger partial charge in [0.15, 0.2) is 0 Å². The molecule has 0 aromatic rings. The van der Waals surface area contributed by atoms with Crippen molar-refractivity contribution in [2.75, 3.05) is 40.3 Å². The predicted molar refractivity (Wildman–Crippen MR) is 75.5 cm³/mol. The quantitative estimate of drug-likeness (QED) is 0.672. The third-order valence-electron chi connectivity index (χ3n) is 4.41. The fourth-order valence-corrected chi connectivity index (χ4v) is 2.14. The second kappa shape index (κ2) is 6.72. The third kappa shape index (κ3) is 4.23. The molecule has 1 fully saturated rings. The summed E-state index contributed by atoms with van der Waals surface area (Å²) in [6.07, 6.45) is 1.27. The molecule has 1 unspecified atom stereocenters. The Morgan fingerprint density at radius 3 is 2.18 bits per heavy atom. The van der Waals surface area contributed by atoms with Gasteiger partial charge in [-0.2, -0.15) is 0 Å². The number of hydrogen-bond acceptors (Lipinski definition) is 3. The lowest BCUT2D eigenvalue weighted by Gasteiger charge is -2.47. The molecule has 0 aromatic carbocycles. The summed E-state index contributed by atoms with van der Waals surface area (Å²) in [5.41, 5.74) is 0. The zero-order chi connectivity index (χ0) is 13.0. The van der Waals surface area contributed by atoms with Crippen molar-refractivity contribution in [3.63, 3.8) is 0 Å².